The van der Waals surface area contributed by atoms with Gasteiger partial charge in [-0.05, 0) is 48.2 Å². The van der Waals surface area contributed by atoms with Gasteiger partial charge in [0.25, 0.3) is 5.91 Å². The zero-order valence-electron chi connectivity index (χ0n) is 15.3. The largest absolute Gasteiger partial charge is 0.482 e. The first kappa shape index (κ1) is 21.1. The van der Waals surface area contributed by atoms with Gasteiger partial charge in [-0.15, -0.1) is 0 Å². The highest BCUT2D eigenvalue weighted by molar-refractivity contribution is 6.33. The third-order valence-corrected chi connectivity index (χ3v) is 4.51. The maximum atomic E-state index is 11.9. The Morgan fingerprint density at radius 3 is 2.44 bits per heavy atom. The Kier molecular flexibility index (Phi) is 7.51. The summed E-state index contributed by atoms with van der Waals surface area (Å²) in [6.45, 7) is 5.14. The van der Waals surface area contributed by atoms with Gasteiger partial charge < -0.3 is 14.8 Å². The molecule has 0 radical (unpaired) electrons. The van der Waals surface area contributed by atoms with E-state index >= 15 is 0 Å². The Hall–Kier alpha value is -2.24. The molecule has 1 N–H and O–H groups in total. The average Bonchev–Trinajstić information content (AvgIpc) is 2.62. The molecule has 2 rings (SSSR count). The highest BCUT2D eigenvalue weighted by Gasteiger charge is 2.14. The third-order valence-electron chi connectivity index (χ3n) is 3.77. The molecule has 0 saturated heterocycles. The number of rotatable bonds is 7. The van der Waals surface area contributed by atoms with Crippen LogP contribution < -0.4 is 10.1 Å². The van der Waals surface area contributed by atoms with Gasteiger partial charge >= 0.3 is 5.97 Å². The van der Waals surface area contributed by atoms with Crippen LogP contribution in [0.25, 0.3) is 0 Å². The summed E-state index contributed by atoms with van der Waals surface area (Å²) in [5, 5.41) is 3.62. The van der Waals surface area contributed by atoms with E-state index in [0.717, 1.165) is 11.1 Å². The maximum Gasteiger partial charge on any atom is 0.344 e. The molecule has 2 aromatic rings. The second-order valence-corrected chi connectivity index (χ2v) is 7.09. The van der Waals surface area contributed by atoms with Gasteiger partial charge in [0.15, 0.2) is 13.2 Å². The number of hydrogen-bond donors (Lipinski definition) is 1. The van der Waals surface area contributed by atoms with Crippen LogP contribution in [-0.4, -0.2) is 25.1 Å². The summed E-state index contributed by atoms with van der Waals surface area (Å²) in [6, 6.07) is 10.4. The molecule has 0 aliphatic rings. The molecule has 27 heavy (non-hydrogen) atoms. The Bertz CT molecular complexity index is 837. The molecule has 0 bridgehead atoms. The molecule has 0 aliphatic heterocycles. The molecule has 0 unspecified atom stereocenters. The zero-order chi connectivity index (χ0) is 20.0. The number of halogens is 2. The van der Waals surface area contributed by atoms with Crippen molar-refractivity contribution >= 4 is 40.8 Å². The number of para-hydroxylation sites is 1. The Morgan fingerprint density at radius 1 is 1.07 bits per heavy atom. The number of benzene rings is 2. The predicted molar refractivity (Wildman–Crippen MR) is 107 cm³/mol. The van der Waals surface area contributed by atoms with Gasteiger partial charge in [0.2, 0.25) is 0 Å². The summed E-state index contributed by atoms with van der Waals surface area (Å²) in [4.78, 5) is 23.8. The van der Waals surface area contributed by atoms with E-state index in [1.807, 2.05) is 26.8 Å². The first-order valence-electron chi connectivity index (χ1n) is 8.40. The number of ether oxygens (including phenoxy) is 2. The fourth-order valence-corrected chi connectivity index (χ4v) is 2.67. The molecule has 144 valence electrons. The van der Waals surface area contributed by atoms with E-state index in [2.05, 4.69) is 5.32 Å². The van der Waals surface area contributed by atoms with Crippen LogP contribution in [0.4, 0.5) is 5.69 Å². The Morgan fingerprint density at radius 2 is 1.78 bits per heavy atom. The zero-order valence-corrected chi connectivity index (χ0v) is 16.9. The summed E-state index contributed by atoms with van der Waals surface area (Å²) in [5.74, 6) is -0.381. The van der Waals surface area contributed by atoms with Crippen LogP contribution in [-0.2, 0) is 14.3 Å². The summed E-state index contributed by atoms with van der Waals surface area (Å²) in [6.07, 6.45) is 0. The molecule has 0 spiro atoms. The van der Waals surface area contributed by atoms with E-state index in [1.165, 1.54) is 0 Å². The van der Waals surface area contributed by atoms with E-state index in [-0.39, 0.29) is 12.5 Å². The highest BCUT2D eigenvalue weighted by Crippen LogP contribution is 2.32. The van der Waals surface area contributed by atoms with E-state index < -0.39 is 18.5 Å². The van der Waals surface area contributed by atoms with Crippen molar-refractivity contribution in [2.45, 2.75) is 26.7 Å². The molecular formula is C20H21Cl2NO4. The van der Waals surface area contributed by atoms with Crippen LogP contribution in [0, 0.1) is 6.92 Å². The van der Waals surface area contributed by atoms with E-state index in [9.17, 15) is 9.59 Å². The van der Waals surface area contributed by atoms with Crippen molar-refractivity contribution < 1.29 is 19.1 Å². The fourth-order valence-electron chi connectivity index (χ4n) is 2.32. The topological polar surface area (TPSA) is 64.6 Å². The van der Waals surface area contributed by atoms with Crippen molar-refractivity contribution in [1.29, 1.82) is 0 Å². The smallest absolute Gasteiger partial charge is 0.344 e. The first-order chi connectivity index (χ1) is 12.8. The van der Waals surface area contributed by atoms with Crippen molar-refractivity contribution in [3.05, 3.63) is 57.6 Å². The number of esters is 1. The van der Waals surface area contributed by atoms with Gasteiger partial charge in [0.1, 0.15) is 5.75 Å². The highest BCUT2D eigenvalue weighted by atomic mass is 35.5. The number of carbonyl (C=O) groups is 2. The van der Waals surface area contributed by atoms with E-state index in [4.69, 9.17) is 32.7 Å². The lowest BCUT2D eigenvalue weighted by molar-refractivity contribution is -0.149. The van der Waals surface area contributed by atoms with Crippen LogP contribution in [0.15, 0.2) is 36.4 Å². The molecule has 2 aromatic carbocycles. The van der Waals surface area contributed by atoms with Crippen molar-refractivity contribution in [1.82, 2.24) is 0 Å². The van der Waals surface area contributed by atoms with Crippen LogP contribution in [0.3, 0.4) is 0 Å². The normalized spacial score (nSPS) is 10.6. The number of nitrogens with one attached hydrogen (secondary N) is 1. The summed E-state index contributed by atoms with van der Waals surface area (Å²) in [5.41, 5.74) is 2.20. The molecule has 7 heteroatoms. The van der Waals surface area contributed by atoms with Gasteiger partial charge in [-0.2, -0.15) is 0 Å². The minimum Gasteiger partial charge on any atom is -0.482 e. The standard InChI is InChI=1S/C20H21Cl2NO4/c1-12(2)14-9-16(22)13(3)8-18(14)26-11-20(25)27-10-19(24)23-17-7-5-4-6-15(17)21/h4-9,12H,10-11H2,1-3H3,(H,23,24). The van der Waals surface area contributed by atoms with Gasteiger partial charge in [0, 0.05) is 5.02 Å². The van der Waals surface area contributed by atoms with Crippen molar-refractivity contribution in [2.24, 2.45) is 0 Å². The summed E-state index contributed by atoms with van der Waals surface area (Å²) >= 11 is 12.1. The van der Waals surface area contributed by atoms with Gasteiger partial charge in [0.05, 0.1) is 10.7 Å². The number of carbonyl (C=O) groups excluding carboxylic acids is 2. The lowest BCUT2D eigenvalue weighted by Gasteiger charge is -2.15. The van der Waals surface area contributed by atoms with Crippen molar-refractivity contribution in [3.8, 4) is 5.75 Å². The average molecular weight is 410 g/mol. The Balaban J connectivity index is 1.87. The van der Waals surface area contributed by atoms with Crippen LogP contribution in [0.1, 0.15) is 30.9 Å². The van der Waals surface area contributed by atoms with Gasteiger partial charge in [-0.1, -0.05) is 49.2 Å². The summed E-state index contributed by atoms with van der Waals surface area (Å²) in [7, 11) is 0. The number of hydrogen-bond acceptors (Lipinski definition) is 4. The predicted octanol–water partition coefficient (Wildman–Crippen LogP) is 4.99. The lowest BCUT2D eigenvalue weighted by Crippen LogP contribution is -2.24. The van der Waals surface area contributed by atoms with Crippen LogP contribution in [0.2, 0.25) is 10.0 Å². The molecule has 5 nitrogen and oxygen atoms in total. The monoisotopic (exact) mass is 409 g/mol. The molecular weight excluding hydrogens is 389 g/mol. The lowest BCUT2D eigenvalue weighted by atomic mass is 10.0. The number of amides is 1. The van der Waals surface area contributed by atoms with Gasteiger partial charge in [-0.3, -0.25) is 4.79 Å². The van der Waals surface area contributed by atoms with Crippen molar-refractivity contribution in [2.75, 3.05) is 18.5 Å². The Labute approximate surface area is 168 Å². The van der Waals surface area contributed by atoms with Crippen LogP contribution in [0.5, 0.6) is 5.75 Å². The van der Waals surface area contributed by atoms with Crippen LogP contribution >= 0.6 is 23.2 Å². The molecule has 0 aromatic heterocycles. The second kappa shape index (κ2) is 9.62. The van der Waals surface area contributed by atoms with E-state index in [1.54, 1.807) is 30.3 Å². The molecule has 0 atom stereocenters. The molecule has 0 heterocycles. The van der Waals surface area contributed by atoms with Gasteiger partial charge in [-0.25, -0.2) is 4.79 Å². The molecule has 0 saturated carbocycles. The van der Waals surface area contributed by atoms with Crippen molar-refractivity contribution in [3.63, 3.8) is 0 Å². The molecule has 0 fully saturated rings. The molecule has 0 aliphatic carbocycles. The quantitative estimate of drug-likeness (QED) is 0.654. The fraction of sp³-hybridized carbons (Fsp3) is 0.300. The number of anilines is 1. The third kappa shape index (κ3) is 6.15. The molecule has 1 amide bonds. The SMILES string of the molecule is Cc1cc(OCC(=O)OCC(=O)Nc2ccccc2Cl)c(C(C)C)cc1Cl. The van der Waals surface area contributed by atoms with E-state index in [0.29, 0.717) is 21.5 Å². The minimum atomic E-state index is -0.647. The minimum absolute atomic E-state index is 0.176. The second-order valence-electron chi connectivity index (χ2n) is 6.27. The summed E-state index contributed by atoms with van der Waals surface area (Å²) < 4.78 is 10.5. The first-order valence-corrected chi connectivity index (χ1v) is 9.16. The number of aryl methyl sites for hydroxylation is 1. The maximum absolute atomic E-state index is 11.9.